The van der Waals surface area contributed by atoms with Crippen LogP contribution in [0.25, 0.3) is 0 Å². The van der Waals surface area contributed by atoms with Crippen LogP contribution in [0, 0.1) is 0 Å². The van der Waals surface area contributed by atoms with Gasteiger partial charge in [0.2, 0.25) is 0 Å². The maximum atomic E-state index is 5.03. The minimum atomic E-state index is 0.908. The zero-order chi connectivity index (χ0) is 6.62. The summed E-state index contributed by atoms with van der Waals surface area (Å²) in [6, 6.07) is 0. The zero-order valence-electron chi connectivity index (χ0n) is 5.85. The molecule has 0 aromatic rings. The summed E-state index contributed by atoms with van der Waals surface area (Å²) in [5.41, 5.74) is 0. The molecule has 0 spiro atoms. The predicted molar refractivity (Wildman–Crippen MR) is 36.0 cm³/mol. The van der Waals surface area contributed by atoms with E-state index >= 15 is 0 Å². The second-order valence-electron chi connectivity index (χ2n) is 2.88. The molecule has 0 atom stereocenters. The molecular weight excluding hydrogens is 209 g/mol. The zero-order valence-corrected chi connectivity index (χ0v) is 9.14. The van der Waals surface area contributed by atoms with Crippen LogP contribution in [-0.2, 0) is 3.07 Å². The van der Waals surface area contributed by atoms with E-state index in [9.17, 15) is 0 Å². The maximum absolute atomic E-state index is 5.03. The standard InChI is InChI=1S/C5H13NO.Sn.H/c1-6(2,3)4-5-7;;/h4-5H2,1-3H3;;/q;+1;. The van der Waals surface area contributed by atoms with Crippen molar-refractivity contribution in [3.05, 3.63) is 0 Å². The molecule has 0 saturated carbocycles. The Balaban J connectivity index is 3.11. The van der Waals surface area contributed by atoms with Crippen molar-refractivity contribution >= 4 is 22.9 Å². The van der Waals surface area contributed by atoms with Crippen LogP contribution >= 0.6 is 0 Å². The van der Waals surface area contributed by atoms with Crippen molar-refractivity contribution in [3.63, 3.8) is 0 Å². The van der Waals surface area contributed by atoms with E-state index in [4.69, 9.17) is 3.07 Å². The van der Waals surface area contributed by atoms with E-state index in [2.05, 4.69) is 21.1 Å². The minimum absolute atomic E-state index is 0.908. The van der Waals surface area contributed by atoms with Gasteiger partial charge in [-0.3, -0.25) is 0 Å². The molecule has 2 radical (unpaired) electrons. The van der Waals surface area contributed by atoms with Gasteiger partial charge in [-0.1, -0.05) is 0 Å². The van der Waals surface area contributed by atoms with Gasteiger partial charge in [0.15, 0.2) is 0 Å². The Morgan fingerprint density at radius 2 is 1.88 bits per heavy atom. The van der Waals surface area contributed by atoms with Crippen LogP contribution in [0.5, 0.6) is 0 Å². The summed E-state index contributed by atoms with van der Waals surface area (Å²) >= 11 is 0.927. The Bertz CT molecular complexity index is 59.9. The van der Waals surface area contributed by atoms with Gasteiger partial charge in [-0.25, -0.2) is 0 Å². The molecule has 48 valence electrons. The van der Waals surface area contributed by atoms with E-state index in [1.54, 1.807) is 0 Å². The molecular formula is C5H14NOSn+. The average molecular weight is 223 g/mol. The Morgan fingerprint density at radius 3 is 2.00 bits per heavy atom. The monoisotopic (exact) mass is 224 g/mol. The molecule has 0 rings (SSSR count). The molecule has 0 unspecified atom stereocenters. The van der Waals surface area contributed by atoms with Gasteiger partial charge in [-0.2, -0.15) is 0 Å². The Morgan fingerprint density at radius 1 is 1.38 bits per heavy atom. The molecule has 0 heterocycles. The summed E-state index contributed by atoms with van der Waals surface area (Å²) in [6.45, 7) is 2.02. The number of quaternary nitrogens is 1. The molecule has 0 aromatic heterocycles. The summed E-state index contributed by atoms with van der Waals surface area (Å²) in [5, 5.41) is 0. The molecule has 0 saturated heterocycles. The third-order valence-electron chi connectivity index (χ3n) is 0.880. The van der Waals surface area contributed by atoms with Gasteiger partial charge < -0.3 is 0 Å². The van der Waals surface area contributed by atoms with Crippen LogP contribution in [0.15, 0.2) is 0 Å². The Hall–Kier alpha value is 0.719. The molecule has 0 N–H and O–H groups in total. The van der Waals surface area contributed by atoms with E-state index in [0.29, 0.717) is 0 Å². The SMILES string of the molecule is C[N+](C)(C)CC[O][SnH]. The van der Waals surface area contributed by atoms with Crippen molar-refractivity contribution < 1.29 is 7.56 Å². The number of hydrogen-bond acceptors (Lipinski definition) is 1. The molecule has 0 aliphatic carbocycles. The van der Waals surface area contributed by atoms with Crippen molar-refractivity contribution in [3.8, 4) is 0 Å². The molecule has 0 aromatic carbocycles. The van der Waals surface area contributed by atoms with Crippen LogP contribution in [-0.4, -0.2) is 61.7 Å². The summed E-state index contributed by atoms with van der Waals surface area (Å²) in [6.07, 6.45) is 0. The first-order valence-electron chi connectivity index (χ1n) is 2.68. The molecule has 0 bridgehead atoms. The topological polar surface area (TPSA) is 9.23 Å². The van der Waals surface area contributed by atoms with Gasteiger partial charge in [0.05, 0.1) is 0 Å². The van der Waals surface area contributed by atoms with Gasteiger partial charge >= 0.3 is 64.8 Å². The van der Waals surface area contributed by atoms with Crippen LogP contribution in [0.2, 0.25) is 0 Å². The summed E-state index contributed by atoms with van der Waals surface area (Å²) in [5.74, 6) is 0. The van der Waals surface area contributed by atoms with Crippen molar-refractivity contribution in [2.24, 2.45) is 0 Å². The van der Waals surface area contributed by atoms with Gasteiger partial charge in [0.25, 0.3) is 0 Å². The second kappa shape index (κ2) is 3.69. The summed E-state index contributed by atoms with van der Waals surface area (Å²) in [7, 11) is 6.50. The second-order valence-corrected chi connectivity index (χ2v) is 3.84. The fourth-order valence-corrected chi connectivity index (χ4v) is 0.627. The molecule has 0 amide bonds. The summed E-state index contributed by atoms with van der Waals surface area (Å²) in [4.78, 5) is 0. The van der Waals surface area contributed by atoms with Crippen molar-refractivity contribution in [1.29, 1.82) is 0 Å². The van der Waals surface area contributed by atoms with Crippen molar-refractivity contribution in [2.75, 3.05) is 34.3 Å². The van der Waals surface area contributed by atoms with Crippen LogP contribution in [0.1, 0.15) is 0 Å². The van der Waals surface area contributed by atoms with Crippen molar-refractivity contribution in [1.82, 2.24) is 0 Å². The van der Waals surface area contributed by atoms with Crippen LogP contribution in [0.4, 0.5) is 0 Å². The quantitative estimate of drug-likeness (QED) is 0.464. The van der Waals surface area contributed by atoms with E-state index < -0.39 is 0 Å². The molecule has 3 heteroatoms. The summed E-state index contributed by atoms with van der Waals surface area (Å²) < 4.78 is 6.03. The molecule has 0 fully saturated rings. The molecule has 8 heavy (non-hydrogen) atoms. The number of rotatable bonds is 3. The van der Waals surface area contributed by atoms with Crippen LogP contribution < -0.4 is 0 Å². The first kappa shape index (κ1) is 8.72. The number of nitrogens with zero attached hydrogens (tertiary/aromatic N) is 1. The predicted octanol–water partition coefficient (Wildman–Crippen LogP) is -0.475. The Labute approximate surface area is 65.0 Å². The van der Waals surface area contributed by atoms with Crippen molar-refractivity contribution in [2.45, 2.75) is 0 Å². The van der Waals surface area contributed by atoms with Gasteiger partial charge in [-0.15, -0.1) is 0 Å². The van der Waals surface area contributed by atoms with Gasteiger partial charge in [0.1, 0.15) is 0 Å². The number of hydrogen-bond donors (Lipinski definition) is 0. The first-order valence-corrected chi connectivity index (χ1v) is 4.03. The fourth-order valence-electron chi connectivity index (χ4n) is 0.327. The molecule has 2 nitrogen and oxygen atoms in total. The third-order valence-corrected chi connectivity index (χ3v) is 1.55. The average Bonchev–Trinajstić information content (AvgIpc) is 1.59. The van der Waals surface area contributed by atoms with Gasteiger partial charge in [-0.05, 0) is 0 Å². The molecule has 0 aliphatic rings. The van der Waals surface area contributed by atoms with E-state index in [0.717, 1.165) is 40.6 Å². The van der Waals surface area contributed by atoms with E-state index in [-0.39, 0.29) is 0 Å². The first-order chi connectivity index (χ1) is 3.56. The Kier molecular flexibility index (Phi) is 4.02. The molecule has 0 aliphatic heterocycles. The van der Waals surface area contributed by atoms with Crippen LogP contribution in [0.3, 0.4) is 0 Å². The fraction of sp³-hybridized carbons (Fsp3) is 1.00. The number of likely N-dealkylation sites (N-methyl/N-ethyl adjacent to an activating group) is 1. The normalized spacial score (nSPS) is 12.0. The van der Waals surface area contributed by atoms with E-state index in [1.807, 2.05) is 0 Å². The van der Waals surface area contributed by atoms with E-state index in [1.165, 1.54) is 0 Å². The third kappa shape index (κ3) is 6.72. The van der Waals surface area contributed by atoms with Gasteiger partial charge in [0, 0.05) is 0 Å².